The van der Waals surface area contributed by atoms with E-state index in [9.17, 15) is 14.7 Å². The predicted molar refractivity (Wildman–Crippen MR) is 110 cm³/mol. The van der Waals surface area contributed by atoms with Crippen LogP contribution in [-0.2, 0) is 24.1 Å². The van der Waals surface area contributed by atoms with Gasteiger partial charge in [0.25, 0.3) is 5.91 Å². The summed E-state index contributed by atoms with van der Waals surface area (Å²) >= 11 is 0. The zero-order valence-electron chi connectivity index (χ0n) is 15.7. The summed E-state index contributed by atoms with van der Waals surface area (Å²) in [5.74, 6) is -1.32. The standard InChI is InChI=1S/C24H23NO3/c26-23(21-11-5-9-18-7-3-4-10-20(18)21)25-22(24(27)28)15-16-12-13-17-6-1-2-8-19(17)14-16/h1-2,5-6,8-9,11-14,22H,3-4,7,10,15H2,(H,25,26)(H,27,28)/t22-/m0/s1. The van der Waals surface area contributed by atoms with Gasteiger partial charge in [0.2, 0.25) is 0 Å². The predicted octanol–water partition coefficient (Wildman–Crippen LogP) is 4.14. The van der Waals surface area contributed by atoms with Gasteiger partial charge >= 0.3 is 5.97 Å². The van der Waals surface area contributed by atoms with Gasteiger partial charge in [0, 0.05) is 12.0 Å². The Bertz CT molecular complexity index is 1040. The fourth-order valence-electron chi connectivity index (χ4n) is 4.03. The maximum absolute atomic E-state index is 12.9. The normalized spacial score (nSPS) is 14.3. The van der Waals surface area contributed by atoms with E-state index in [4.69, 9.17) is 0 Å². The third kappa shape index (κ3) is 3.77. The summed E-state index contributed by atoms with van der Waals surface area (Å²) in [6, 6.07) is 18.6. The number of amides is 1. The number of carboxylic acid groups (broad SMARTS) is 1. The second kappa shape index (κ2) is 7.85. The van der Waals surface area contributed by atoms with Crippen LogP contribution in [0.3, 0.4) is 0 Å². The van der Waals surface area contributed by atoms with Crippen LogP contribution in [0.15, 0.2) is 60.7 Å². The van der Waals surface area contributed by atoms with Gasteiger partial charge in [0.15, 0.2) is 0 Å². The number of carbonyl (C=O) groups is 2. The third-order valence-corrected chi connectivity index (χ3v) is 5.50. The van der Waals surface area contributed by atoms with Crippen LogP contribution in [0.25, 0.3) is 10.8 Å². The Kier molecular flexibility index (Phi) is 5.11. The van der Waals surface area contributed by atoms with Crippen molar-refractivity contribution in [3.05, 3.63) is 82.9 Å². The molecule has 1 aliphatic rings. The van der Waals surface area contributed by atoms with Crippen molar-refractivity contribution in [3.8, 4) is 0 Å². The number of benzene rings is 3. The third-order valence-electron chi connectivity index (χ3n) is 5.50. The lowest BCUT2D eigenvalue weighted by Crippen LogP contribution is -2.42. The van der Waals surface area contributed by atoms with Crippen LogP contribution in [0, 0.1) is 0 Å². The lowest BCUT2D eigenvalue weighted by molar-refractivity contribution is -0.139. The number of aryl methyl sites for hydroxylation is 1. The summed E-state index contributed by atoms with van der Waals surface area (Å²) in [4.78, 5) is 24.7. The minimum Gasteiger partial charge on any atom is -0.480 e. The zero-order chi connectivity index (χ0) is 19.5. The molecule has 4 heteroatoms. The number of hydrogen-bond acceptors (Lipinski definition) is 2. The van der Waals surface area contributed by atoms with Crippen molar-refractivity contribution in [2.24, 2.45) is 0 Å². The first-order valence-electron chi connectivity index (χ1n) is 9.74. The Labute approximate surface area is 164 Å². The molecular formula is C24H23NO3. The molecule has 0 bridgehead atoms. The van der Waals surface area contributed by atoms with Crippen molar-refractivity contribution < 1.29 is 14.7 Å². The van der Waals surface area contributed by atoms with E-state index < -0.39 is 12.0 Å². The van der Waals surface area contributed by atoms with E-state index in [1.807, 2.05) is 48.5 Å². The Hall–Kier alpha value is -3.14. The summed E-state index contributed by atoms with van der Waals surface area (Å²) in [6.07, 6.45) is 4.31. The molecule has 0 spiro atoms. The van der Waals surface area contributed by atoms with Crippen molar-refractivity contribution >= 4 is 22.6 Å². The fraction of sp³-hybridized carbons (Fsp3) is 0.250. The van der Waals surface area contributed by atoms with Crippen molar-refractivity contribution in [1.29, 1.82) is 0 Å². The highest BCUT2D eigenvalue weighted by Gasteiger charge is 2.24. The van der Waals surface area contributed by atoms with Gasteiger partial charge in [0.05, 0.1) is 0 Å². The topological polar surface area (TPSA) is 66.4 Å². The van der Waals surface area contributed by atoms with Gasteiger partial charge in [0.1, 0.15) is 6.04 Å². The van der Waals surface area contributed by atoms with Crippen LogP contribution < -0.4 is 5.32 Å². The summed E-state index contributed by atoms with van der Waals surface area (Å²) in [5, 5.41) is 14.6. The molecule has 3 aromatic rings. The number of hydrogen-bond donors (Lipinski definition) is 2. The SMILES string of the molecule is O=C(N[C@@H](Cc1ccc2ccccc2c1)C(=O)O)c1cccc2c1CCCC2. The maximum atomic E-state index is 12.9. The number of rotatable bonds is 5. The number of carbonyl (C=O) groups excluding carboxylic acids is 1. The van der Waals surface area contributed by atoms with Gasteiger partial charge in [-0.15, -0.1) is 0 Å². The lowest BCUT2D eigenvalue weighted by atomic mass is 9.88. The molecule has 0 heterocycles. The molecule has 4 rings (SSSR count). The average Bonchev–Trinajstić information content (AvgIpc) is 2.72. The molecule has 1 aliphatic carbocycles. The second-order valence-electron chi connectivity index (χ2n) is 7.40. The van der Waals surface area contributed by atoms with Gasteiger partial charge in [-0.25, -0.2) is 4.79 Å². The van der Waals surface area contributed by atoms with Crippen LogP contribution in [-0.4, -0.2) is 23.0 Å². The number of aliphatic carboxylic acids is 1. The first-order chi connectivity index (χ1) is 13.6. The first-order valence-corrected chi connectivity index (χ1v) is 9.74. The van der Waals surface area contributed by atoms with Crippen molar-refractivity contribution in [2.45, 2.75) is 38.1 Å². The Morgan fingerprint density at radius 1 is 0.929 bits per heavy atom. The molecular weight excluding hydrogens is 350 g/mol. The van der Waals surface area contributed by atoms with E-state index in [0.717, 1.165) is 47.6 Å². The van der Waals surface area contributed by atoms with Crippen LogP contribution in [0.5, 0.6) is 0 Å². The smallest absolute Gasteiger partial charge is 0.326 e. The van der Waals surface area contributed by atoms with E-state index in [1.165, 1.54) is 5.56 Å². The van der Waals surface area contributed by atoms with E-state index in [1.54, 1.807) is 6.07 Å². The van der Waals surface area contributed by atoms with E-state index in [-0.39, 0.29) is 12.3 Å². The van der Waals surface area contributed by atoms with Gasteiger partial charge in [-0.05, 0) is 59.2 Å². The summed E-state index contributed by atoms with van der Waals surface area (Å²) < 4.78 is 0. The average molecular weight is 373 g/mol. The van der Waals surface area contributed by atoms with Gasteiger partial charge in [-0.2, -0.15) is 0 Å². The fourth-order valence-corrected chi connectivity index (χ4v) is 4.03. The molecule has 1 atom stereocenters. The van der Waals surface area contributed by atoms with Crippen molar-refractivity contribution in [3.63, 3.8) is 0 Å². The molecule has 2 N–H and O–H groups in total. The zero-order valence-corrected chi connectivity index (χ0v) is 15.7. The quantitative estimate of drug-likeness (QED) is 0.706. The minimum atomic E-state index is -1.02. The highest BCUT2D eigenvalue weighted by molar-refractivity contribution is 5.98. The van der Waals surface area contributed by atoms with E-state index >= 15 is 0 Å². The van der Waals surface area contributed by atoms with Gasteiger partial charge in [-0.3, -0.25) is 4.79 Å². The molecule has 0 saturated carbocycles. The monoisotopic (exact) mass is 373 g/mol. The summed E-state index contributed by atoms with van der Waals surface area (Å²) in [5.41, 5.74) is 3.78. The highest BCUT2D eigenvalue weighted by Crippen LogP contribution is 2.24. The second-order valence-corrected chi connectivity index (χ2v) is 7.40. The Morgan fingerprint density at radius 2 is 1.71 bits per heavy atom. The molecule has 0 aliphatic heterocycles. The van der Waals surface area contributed by atoms with Gasteiger partial charge in [-0.1, -0.05) is 54.6 Å². The largest absolute Gasteiger partial charge is 0.480 e. The first kappa shape index (κ1) is 18.2. The van der Waals surface area contributed by atoms with Crippen LogP contribution >= 0.6 is 0 Å². The molecule has 0 fully saturated rings. The van der Waals surface area contributed by atoms with Crippen molar-refractivity contribution in [2.75, 3.05) is 0 Å². The highest BCUT2D eigenvalue weighted by atomic mass is 16.4. The molecule has 3 aromatic carbocycles. The Morgan fingerprint density at radius 3 is 2.54 bits per heavy atom. The summed E-state index contributed by atoms with van der Waals surface area (Å²) in [6.45, 7) is 0. The molecule has 0 unspecified atom stereocenters. The van der Waals surface area contributed by atoms with Crippen LogP contribution in [0.4, 0.5) is 0 Å². The number of carboxylic acids is 1. The molecule has 28 heavy (non-hydrogen) atoms. The lowest BCUT2D eigenvalue weighted by Gasteiger charge is -2.20. The molecule has 4 nitrogen and oxygen atoms in total. The number of fused-ring (bicyclic) bond motifs is 2. The van der Waals surface area contributed by atoms with Gasteiger partial charge < -0.3 is 10.4 Å². The minimum absolute atomic E-state index is 0.251. The molecule has 142 valence electrons. The molecule has 0 saturated heterocycles. The van der Waals surface area contributed by atoms with Crippen LogP contribution in [0.2, 0.25) is 0 Å². The number of nitrogens with one attached hydrogen (secondary N) is 1. The maximum Gasteiger partial charge on any atom is 0.326 e. The molecule has 0 aromatic heterocycles. The molecule has 0 radical (unpaired) electrons. The van der Waals surface area contributed by atoms with Crippen LogP contribution in [0.1, 0.15) is 39.9 Å². The van der Waals surface area contributed by atoms with Crippen molar-refractivity contribution in [1.82, 2.24) is 5.32 Å². The molecule has 1 amide bonds. The van der Waals surface area contributed by atoms with E-state index in [2.05, 4.69) is 11.4 Å². The van der Waals surface area contributed by atoms with E-state index in [0.29, 0.717) is 5.56 Å². The summed E-state index contributed by atoms with van der Waals surface area (Å²) in [7, 11) is 0. The Balaban J connectivity index is 1.55.